The molecule has 0 fully saturated rings. The van der Waals surface area contributed by atoms with E-state index in [9.17, 15) is 9.90 Å². The third kappa shape index (κ3) is 3.67. The molecule has 0 atom stereocenters. The van der Waals surface area contributed by atoms with Crippen LogP contribution in [0.3, 0.4) is 0 Å². The number of nitrogens with zero attached hydrogens (tertiary/aromatic N) is 1. The Hall–Kier alpha value is -2.17. The van der Waals surface area contributed by atoms with E-state index in [1.807, 2.05) is 51.2 Å². The molecule has 4 nitrogen and oxygen atoms in total. The van der Waals surface area contributed by atoms with E-state index in [2.05, 4.69) is 34.5 Å². The highest BCUT2D eigenvalue weighted by molar-refractivity contribution is 5.88. The Bertz CT molecular complexity index is 746. The second kappa shape index (κ2) is 7.22. The second-order valence-corrected chi connectivity index (χ2v) is 7.99. The number of likely N-dealkylation sites (N-methyl/N-ethyl adjacent to an activating group) is 1. The molecule has 1 amide bonds. The number of carbonyl (C=O) groups excluding carboxylic acids is 1. The van der Waals surface area contributed by atoms with Gasteiger partial charge in [-0.25, -0.2) is 0 Å². The van der Waals surface area contributed by atoms with Crippen LogP contribution in [0.1, 0.15) is 30.5 Å². The van der Waals surface area contributed by atoms with Crippen LogP contribution in [0.15, 0.2) is 54.6 Å². The third-order valence-electron chi connectivity index (χ3n) is 5.35. The highest BCUT2D eigenvalue weighted by atomic mass is 16.3. The van der Waals surface area contributed by atoms with Crippen molar-refractivity contribution < 1.29 is 9.90 Å². The lowest BCUT2D eigenvalue weighted by Gasteiger charge is -2.40. The number of hydrogen-bond donors (Lipinski definition) is 2. The molecule has 0 bridgehead atoms. The van der Waals surface area contributed by atoms with Crippen LogP contribution in [0, 0.1) is 0 Å². The summed E-state index contributed by atoms with van der Waals surface area (Å²) >= 11 is 0. The number of rotatable bonds is 6. The van der Waals surface area contributed by atoms with E-state index >= 15 is 0 Å². The maximum absolute atomic E-state index is 13.4. The Kier molecular flexibility index (Phi) is 5.17. The molecule has 0 spiro atoms. The summed E-state index contributed by atoms with van der Waals surface area (Å²) in [5, 5.41) is 12.6. The summed E-state index contributed by atoms with van der Waals surface area (Å²) in [7, 11) is 2.02. The number of benzene rings is 2. The van der Waals surface area contributed by atoms with Crippen molar-refractivity contribution in [1.82, 2.24) is 10.2 Å². The maximum Gasteiger partial charge on any atom is 0.241 e. The molecule has 0 heterocycles. The van der Waals surface area contributed by atoms with Gasteiger partial charge in [-0.3, -0.25) is 9.69 Å². The average Bonchev–Trinajstić information content (AvgIpc) is 3.03. The van der Waals surface area contributed by atoms with Crippen LogP contribution >= 0.6 is 0 Å². The van der Waals surface area contributed by atoms with Gasteiger partial charge in [-0.1, -0.05) is 54.6 Å². The molecule has 2 aromatic rings. The number of carbonyl (C=O) groups is 1. The molecule has 4 heteroatoms. The average molecular weight is 352 g/mol. The van der Waals surface area contributed by atoms with Gasteiger partial charge < -0.3 is 10.4 Å². The number of fused-ring (bicyclic) bond motifs is 1. The molecular formula is C22H28N2O2. The minimum absolute atomic E-state index is 0.0221. The molecule has 0 radical (unpaired) electrons. The maximum atomic E-state index is 13.4. The molecule has 0 saturated carbocycles. The molecule has 0 saturated heterocycles. The highest BCUT2D eigenvalue weighted by Gasteiger charge is 2.48. The van der Waals surface area contributed by atoms with E-state index < -0.39 is 11.1 Å². The van der Waals surface area contributed by atoms with Gasteiger partial charge in [0.15, 0.2) is 0 Å². The number of nitrogens with one attached hydrogen (secondary N) is 1. The van der Waals surface area contributed by atoms with Gasteiger partial charge in [-0.15, -0.1) is 0 Å². The summed E-state index contributed by atoms with van der Waals surface area (Å²) in [4.78, 5) is 15.5. The predicted octanol–water partition coefficient (Wildman–Crippen LogP) is 2.54. The van der Waals surface area contributed by atoms with Crippen molar-refractivity contribution in [3.8, 4) is 0 Å². The van der Waals surface area contributed by atoms with Crippen molar-refractivity contribution in [1.29, 1.82) is 0 Å². The van der Waals surface area contributed by atoms with Crippen LogP contribution in [0.2, 0.25) is 0 Å². The molecule has 1 aliphatic rings. The first-order chi connectivity index (χ1) is 12.4. The molecule has 0 aromatic heterocycles. The van der Waals surface area contributed by atoms with E-state index in [4.69, 9.17) is 0 Å². The topological polar surface area (TPSA) is 52.6 Å². The van der Waals surface area contributed by atoms with E-state index in [0.717, 1.165) is 0 Å². The molecule has 138 valence electrons. The standard InChI is InChI=1S/C22H28N2O2/c1-21(2,16-25)23-20(26)22(13-18-11-7-8-12-19(18)14-22)24(3)15-17-9-5-4-6-10-17/h4-12,25H,13-16H2,1-3H3,(H,23,26). The molecule has 26 heavy (non-hydrogen) atoms. The first-order valence-electron chi connectivity index (χ1n) is 9.12. The highest BCUT2D eigenvalue weighted by Crippen LogP contribution is 2.35. The molecule has 2 N–H and O–H groups in total. The number of amides is 1. The summed E-state index contributed by atoms with van der Waals surface area (Å²) < 4.78 is 0. The van der Waals surface area contributed by atoms with Crippen LogP contribution in [0.4, 0.5) is 0 Å². The van der Waals surface area contributed by atoms with E-state index in [1.165, 1.54) is 16.7 Å². The fourth-order valence-electron chi connectivity index (χ4n) is 3.67. The SMILES string of the molecule is CN(Cc1ccccc1)C1(C(=O)NC(C)(C)CO)Cc2ccccc2C1. The van der Waals surface area contributed by atoms with Crippen LogP contribution < -0.4 is 5.32 Å². The number of hydrogen-bond acceptors (Lipinski definition) is 3. The zero-order valence-electron chi connectivity index (χ0n) is 15.8. The molecule has 1 aliphatic carbocycles. The van der Waals surface area contributed by atoms with Crippen molar-refractivity contribution in [3.05, 3.63) is 71.3 Å². The van der Waals surface area contributed by atoms with Crippen LogP contribution in [-0.4, -0.2) is 40.6 Å². The number of aliphatic hydroxyl groups is 1. The lowest BCUT2D eigenvalue weighted by Crippen LogP contribution is -2.62. The van der Waals surface area contributed by atoms with Crippen molar-refractivity contribution >= 4 is 5.91 Å². The van der Waals surface area contributed by atoms with Gasteiger partial charge in [-0.2, -0.15) is 0 Å². The van der Waals surface area contributed by atoms with Crippen molar-refractivity contribution in [2.75, 3.05) is 13.7 Å². The Morgan fingerprint density at radius 3 is 2.15 bits per heavy atom. The van der Waals surface area contributed by atoms with E-state index in [0.29, 0.717) is 19.4 Å². The number of aliphatic hydroxyl groups excluding tert-OH is 1. The van der Waals surface area contributed by atoms with Crippen LogP contribution in [-0.2, 0) is 24.2 Å². The fraction of sp³-hybridized carbons (Fsp3) is 0.409. The minimum atomic E-state index is -0.647. The van der Waals surface area contributed by atoms with Crippen molar-refractivity contribution in [3.63, 3.8) is 0 Å². The zero-order chi connectivity index (χ0) is 18.8. The summed E-state index contributed by atoms with van der Waals surface area (Å²) in [6.07, 6.45) is 1.36. The normalized spacial score (nSPS) is 15.7. The molecule has 0 unspecified atom stereocenters. The third-order valence-corrected chi connectivity index (χ3v) is 5.35. The van der Waals surface area contributed by atoms with Crippen LogP contribution in [0.25, 0.3) is 0 Å². The zero-order valence-corrected chi connectivity index (χ0v) is 15.8. The minimum Gasteiger partial charge on any atom is -0.394 e. The molecule has 3 rings (SSSR count). The van der Waals surface area contributed by atoms with Gasteiger partial charge in [0.05, 0.1) is 12.1 Å². The Morgan fingerprint density at radius 1 is 1.08 bits per heavy atom. The molecule has 2 aromatic carbocycles. The van der Waals surface area contributed by atoms with Gasteiger partial charge in [0.2, 0.25) is 5.91 Å². The Labute approximate surface area is 155 Å². The lowest BCUT2D eigenvalue weighted by molar-refractivity contribution is -0.135. The van der Waals surface area contributed by atoms with Crippen molar-refractivity contribution in [2.45, 2.75) is 44.3 Å². The van der Waals surface area contributed by atoms with Gasteiger partial charge in [0.25, 0.3) is 0 Å². The largest absolute Gasteiger partial charge is 0.394 e. The first kappa shape index (κ1) is 18.6. The Morgan fingerprint density at radius 2 is 1.62 bits per heavy atom. The van der Waals surface area contributed by atoms with E-state index in [-0.39, 0.29) is 12.5 Å². The van der Waals surface area contributed by atoms with Gasteiger partial charge in [0.1, 0.15) is 5.54 Å². The smallest absolute Gasteiger partial charge is 0.241 e. The lowest BCUT2D eigenvalue weighted by atomic mass is 9.90. The van der Waals surface area contributed by atoms with Crippen LogP contribution in [0.5, 0.6) is 0 Å². The summed E-state index contributed by atoms with van der Waals surface area (Å²) in [6.45, 7) is 4.29. The first-order valence-corrected chi connectivity index (χ1v) is 9.12. The quantitative estimate of drug-likeness (QED) is 0.840. The van der Waals surface area contributed by atoms with E-state index in [1.54, 1.807) is 0 Å². The summed E-state index contributed by atoms with van der Waals surface area (Å²) in [5.41, 5.74) is 2.34. The van der Waals surface area contributed by atoms with Gasteiger partial charge >= 0.3 is 0 Å². The molecule has 0 aliphatic heterocycles. The van der Waals surface area contributed by atoms with Crippen molar-refractivity contribution in [2.24, 2.45) is 0 Å². The summed E-state index contributed by atoms with van der Waals surface area (Å²) in [6, 6.07) is 18.5. The predicted molar refractivity (Wildman–Crippen MR) is 104 cm³/mol. The van der Waals surface area contributed by atoms with Gasteiger partial charge in [0, 0.05) is 19.4 Å². The fourth-order valence-corrected chi connectivity index (χ4v) is 3.67. The second-order valence-electron chi connectivity index (χ2n) is 7.99. The monoisotopic (exact) mass is 352 g/mol. The Balaban J connectivity index is 1.91. The summed E-state index contributed by atoms with van der Waals surface area (Å²) in [5.74, 6) is -0.0221. The van der Waals surface area contributed by atoms with Gasteiger partial charge in [-0.05, 0) is 37.6 Å². The molecular weight excluding hydrogens is 324 g/mol.